The second kappa shape index (κ2) is 6.87. The van der Waals surface area contributed by atoms with Gasteiger partial charge in [0.15, 0.2) is 0 Å². The molecule has 0 heterocycles. The van der Waals surface area contributed by atoms with E-state index in [4.69, 9.17) is 0 Å². The number of fused-ring (bicyclic) bond motifs is 7. The van der Waals surface area contributed by atoms with E-state index in [1.165, 1.54) is 44.1 Å². The van der Waals surface area contributed by atoms with Crippen molar-refractivity contribution >= 4 is 0 Å². The van der Waals surface area contributed by atoms with Crippen LogP contribution >= 0.6 is 0 Å². The monoisotopic (exact) mass is 442 g/mol. The van der Waals surface area contributed by atoms with Crippen molar-refractivity contribution < 1.29 is 10.2 Å². The van der Waals surface area contributed by atoms with Gasteiger partial charge < -0.3 is 10.2 Å². The molecule has 0 saturated heterocycles. The van der Waals surface area contributed by atoms with E-state index >= 15 is 0 Å². The molecule has 0 aromatic rings. The highest BCUT2D eigenvalue weighted by Crippen LogP contribution is 2.77. The van der Waals surface area contributed by atoms with E-state index in [1.807, 2.05) is 0 Å². The Balaban J connectivity index is 1.57. The van der Waals surface area contributed by atoms with Gasteiger partial charge in [-0.1, -0.05) is 53.7 Å². The molecule has 5 aliphatic rings. The lowest BCUT2D eigenvalue weighted by Crippen LogP contribution is -2.68. The molecule has 0 radical (unpaired) electrons. The predicted octanol–water partition coefficient (Wildman–Crippen LogP) is 7.00. The Morgan fingerprint density at radius 1 is 0.719 bits per heavy atom. The summed E-state index contributed by atoms with van der Waals surface area (Å²) in [6.45, 7) is 21.5. The van der Waals surface area contributed by atoms with Crippen LogP contribution in [0.15, 0.2) is 12.2 Å². The van der Waals surface area contributed by atoms with Crippen LogP contribution in [0.5, 0.6) is 0 Å². The molecule has 5 saturated carbocycles. The van der Waals surface area contributed by atoms with Crippen molar-refractivity contribution in [1.29, 1.82) is 0 Å². The van der Waals surface area contributed by atoms with Crippen molar-refractivity contribution in [3.63, 3.8) is 0 Å². The minimum atomic E-state index is -0.191. The number of hydrogen-bond donors (Lipinski definition) is 2. The Morgan fingerprint density at radius 2 is 1.38 bits per heavy atom. The maximum atomic E-state index is 11.7. The summed E-state index contributed by atoms with van der Waals surface area (Å²) in [5, 5.41) is 22.6. The molecule has 0 aliphatic heterocycles. The van der Waals surface area contributed by atoms with Gasteiger partial charge in [0.25, 0.3) is 0 Å². The lowest BCUT2D eigenvalue weighted by molar-refractivity contribution is -0.261. The van der Waals surface area contributed by atoms with Crippen LogP contribution in [0, 0.1) is 56.7 Å². The first kappa shape index (κ1) is 23.4. The minimum Gasteiger partial charge on any atom is -0.393 e. The molecule has 32 heavy (non-hydrogen) atoms. The van der Waals surface area contributed by atoms with Gasteiger partial charge >= 0.3 is 0 Å². The number of aliphatic hydroxyl groups is 2. The summed E-state index contributed by atoms with van der Waals surface area (Å²) in [4.78, 5) is 0. The quantitative estimate of drug-likeness (QED) is 0.429. The van der Waals surface area contributed by atoms with Gasteiger partial charge in [0.1, 0.15) is 0 Å². The summed E-state index contributed by atoms with van der Waals surface area (Å²) in [6, 6.07) is 0. The van der Waals surface area contributed by atoms with E-state index in [2.05, 4.69) is 55.0 Å². The molecular weight excluding hydrogens is 392 g/mol. The van der Waals surface area contributed by atoms with Gasteiger partial charge in [-0.25, -0.2) is 0 Å². The molecule has 0 amide bonds. The highest BCUT2D eigenvalue weighted by molar-refractivity contribution is 5.22. The van der Waals surface area contributed by atoms with Crippen LogP contribution in [0.4, 0.5) is 0 Å². The topological polar surface area (TPSA) is 40.5 Å². The fourth-order valence-electron chi connectivity index (χ4n) is 11.5. The van der Waals surface area contributed by atoms with Crippen LogP contribution in [-0.4, -0.2) is 22.4 Å². The molecule has 5 aliphatic carbocycles. The fourth-order valence-corrected chi connectivity index (χ4v) is 11.5. The van der Waals surface area contributed by atoms with Crippen LogP contribution in [0.25, 0.3) is 0 Å². The van der Waals surface area contributed by atoms with E-state index in [9.17, 15) is 10.2 Å². The van der Waals surface area contributed by atoms with E-state index in [0.717, 1.165) is 19.3 Å². The number of allylic oxidation sites excluding steroid dienone is 1. The third-order valence-corrected chi connectivity index (χ3v) is 13.6. The molecule has 2 heteroatoms. The van der Waals surface area contributed by atoms with Crippen LogP contribution < -0.4 is 0 Å². The van der Waals surface area contributed by atoms with Crippen molar-refractivity contribution in [2.75, 3.05) is 0 Å². The zero-order chi connectivity index (χ0) is 23.5. The Hall–Kier alpha value is -0.340. The zero-order valence-corrected chi connectivity index (χ0v) is 22.0. The molecule has 0 aromatic heterocycles. The van der Waals surface area contributed by atoms with Gasteiger partial charge in [0, 0.05) is 0 Å². The highest BCUT2D eigenvalue weighted by atomic mass is 16.3. The van der Waals surface area contributed by atoms with Gasteiger partial charge in [0.2, 0.25) is 0 Å². The third-order valence-electron chi connectivity index (χ3n) is 13.6. The Bertz CT molecular complexity index is 801. The Kier molecular flexibility index (Phi) is 5.02. The summed E-state index contributed by atoms with van der Waals surface area (Å²) < 4.78 is 0. The number of aliphatic hydroxyl groups excluding tert-OH is 2. The molecule has 0 bridgehead atoms. The lowest BCUT2D eigenvalue weighted by Gasteiger charge is -2.73. The maximum Gasteiger partial charge on any atom is 0.0602 e. The predicted molar refractivity (Wildman–Crippen MR) is 132 cm³/mol. The van der Waals surface area contributed by atoms with E-state index in [0.29, 0.717) is 35.0 Å². The summed E-state index contributed by atoms with van der Waals surface area (Å²) in [6.07, 6.45) is 10.3. The van der Waals surface area contributed by atoms with Crippen molar-refractivity contribution in [2.45, 2.75) is 118 Å². The summed E-state index contributed by atoms with van der Waals surface area (Å²) in [5.74, 6) is 3.16. The van der Waals surface area contributed by atoms with Crippen molar-refractivity contribution in [3.8, 4) is 0 Å². The summed E-state index contributed by atoms with van der Waals surface area (Å²) in [7, 11) is 0. The van der Waals surface area contributed by atoms with Gasteiger partial charge in [-0.3, -0.25) is 0 Å². The van der Waals surface area contributed by atoms with E-state index < -0.39 is 0 Å². The molecule has 182 valence electrons. The molecular formula is C30H50O2. The van der Waals surface area contributed by atoms with Crippen LogP contribution in [0.3, 0.4) is 0 Å². The highest BCUT2D eigenvalue weighted by Gasteiger charge is 2.71. The smallest absolute Gasteiger partial charge is 0.0602 e. The average Bonchev–Trinajstić information content (AvgIpc) is 3.05. The molecule has 0 aromatic carbocycles. The van der Waals surface area contributed by atoms with Gasteiger partial charge in [-0.2, -0.15) is 0 Å². The molecule has 2 nitrogen and oxygen atoms in total. The molecule has 2 N–H and O–H groups in total. The number of hydrogen-bond acceptors (Lipinski definition) is 2. The van der Waals surface area contributed by atoms with E-state index in [1.54, 1.807) is 0 Å². The minimum absolute atomic E-state index is 0.00718. The Labute approximate surface area is 197 Å². The normalized spacial score (nSPS) is 58.8. The molecule has 5 rings (SSSR count). The molecule has 5 fully saturated rings. The Morgan fingerprint density at radius 3 is 2.03 bits per heavy atom. The van der Waals surface area contributed by atoms with Gasteiger partial charge in [0.05, 0.1) is 12.2 Å². The molecule has 0 spiro atoms. The first-order valence-corrected chi connectivity index (χ1v) is 13.7. The molecule has 11 atom stereocenters. The first-order valence-electron chi connectivity index (χ1n) is 13.7. The van der Waals surface area contributed by atoms with Crippen LogP contribution in [0.1, 0.15) is 106 Å². The zero-order valence-electron chi connectivity index (χ0n) is 22.0. The summed E-state index contributed by atoms with van der Waals surface area (Å²) >= 11 is 0. The first-order chi connectivity index (χ1) is 14.7. The fraction of sp³-hybridized carbons (Fsp3) is 0.933. The van der Waals surface area contributed by atoms with Gasteiger partial charge in [-0.05, 0) is 121 Å². The molecule has 0 unspecified atom stereocenters. The standard InChI is InChI=1S/C30H50O2/c1-18(2)19-11-14-28(6)24(32)17-30(8)20(25(19)28)9-10-22-27(5)15-13-23(31)26(3,4)21(27)12-16-29(22,30)7/h19-25,31-32H,1,9-17H2,2-8H3/t19-,20+,21+,22+,23-,24-,25+,27-,28+,29+,30+/m0/s1. The van der Waals surface area contributed by atoms with Crippen LogP contribution in [0.2, 0.25) is 0 Å². The third kappa shape index (κ3) is 2.61. The number of rotatable bonds is 1. The largest absolute Gasteiger partial charge is 0.393 e. The average molecular weight is 443 g/mol. The maximum absolute atomic E-state index is 11.7. The van der Waals surface area contributed by atoms with Gasteiger partial charge in [-0.15, -0.1) is 0 Å². The summed E-state index contributed by atoms with van der Waals surface area (Å²) in [5.41, 5.74) is 2.18. The second-order valence-corrected chi connectivity index (χ2v) is 14.8. The van der Waals surface area contributed by atoms with Crippen molar-refractivity contribution in [1.82, 2.24) is 0 Å². The lowest BCUT2D eigenvalue weighted by atomic mass is 9.32. The van der Waals surface area contributed by atoms with Crippen molar-refractivity contribution in [3.05, 3.63) is 12.2 Å². The SMILES string of the molecule is C=C(C)[C@@H]1CC[C@@]2(C)[C@H]1[C@H]1CC[C@@H]3[C@@]4(C)CC[C@H](O)C(C)(C)[C@H]4CC[C@@]3(C)[C@]1(C)C[C@@H]2O. The van der Waals surface area contributed by atoms with Crippen molar-refractivity contribution in [2.24, 2.45) is 56.7 Å². The second-order valence-electron chi connectivity index (χ2n) is 14.8. The van der Waals surface area contributed by atoms with E-state index in [-0.39, 0.29) is 33.9 Å². The van der Waals surface area contributed by atoms with Crippen LogP contribution in [-0.2, 0) is 0 Å².